The molecule has 2 aliphatic heterocycles. The maximum atomic E-state index is 12.1. The van der Waals surface area contributed by atoms with E-state index in [9.17, 15) is 4.79 Å². The number of hydrogen-bond donors (Lipinski definition) is 2. The van der Waals surface area contributed by atoms with E-state index in [-0.39, 0.29) is 11.9 Å². The first kappa shape index (κ1) is 16.5. The zero-order valence-corrected chi connectivity index (χ0v) is 14.6. The van der Waals surface area contributed by atoms with E-state index in [0.717, 1.165) is 30.4 Å². The lowest BCUT2D eigenvalue weighted by Crippen LogP contribution is -2.42. The monoisotopic (exact) mass is 335 g/mol. The van der Waals surface area contributed by atoms with Crippen molar-refractivity contribution in [1.82, 2.24) is 15.2 Å². The van der Waals surface area contributed by atoms with Crippen molar-refractivity contribution in [2.75, 3.05) is 49.0 Å². The molecule has 0 radical (unpaired) electrons. The Morgan fingerprint density at radius 2 is 2.17 bits per heavy atom. The summed E-state index contributed by atoms with van der Waals surface area (Å²) < 4.78 is 0. The van der Waals surface area contributed by atoms with Crippen LogP contribution in [0.25, 0.3) is 0 Å². The molecular formula is C16H25N5OS. The van der Waals surface area contributed by atoms with Crippen molar-refractivity contribution in [1.29, 1.82) is 0 Å². The molecule has 0 aromatic carbocycles. The lowest BCUT2D eigenvalue weighted by atomic mass is 10.0. The van der Waals surface area contributed by atoms with Gasteiger partial charge in [-0.3, -0.25) is 10.1 Å². The van der Waals surface area contributed by atoms with E-state index in [0.29, 0.717) is 11.9 Å². The highest BCUT2D eigenvalue weighted by Gasteiger charge is 2.23. The quantitative estimate of drug-likeness (QED) is 0.863. The lowest BCUT2D eigenvalue weighted by Gasteiger charge is -2.36. The Bertz CT molecular complexity index is 522. The molecule has 1 unspecified atom stereocenters. The fourth-order valence-electron chi connectivity index (χ4n) is 3.06. The SMILES string of the molecule is CN(C)C1CCN(c2ccc(NC(=O)C3CSCN3)nc2)CC1. The van der Waals surface area contributed by atoms with Gasteiger partial charge in [-0.25, -0.2) is 4.98 Å². The number of amides is 1. The van der Waals surface area contributed by atoms with E-state index < -0.39 is 0 Å². The van der Waals surface area contributed by atoms with Gasteiger partial charge in [0, 0.05) is 30.8 Å². The number of thioether (sulfide) groups is 1. The van der Waals surface area contributed by atoms with Gasteiger partial charge in [-0.1, -0.05) is 0 Å². The smallest absolute Gasteiger partial charge is 0.243 e. The van der Waals surface area contributed by atoms with Gasteiger partial charge in [-0.2, -0.15) is 0 Å². The van der Waals surface area contributed by atoms with Crippen LogP contribution in [0.1, 0.15) is 12.8 Å². The van der Waals surface area contributed by atoms with Crippen LogP contribution in [0.15, 0.2) is 18.3 Å². The van der Waals surface area contributed by atoms with Crippen molar-refractivity contribution in [3.63, 3.8) is 0 Å². The molecule has 2 fully saturated rings. The molecule has 2 aliphatic rings. The normalized spacial score (nSPS) is 22.6. The maximum absolute atomic E-state index is 12.1. The molecule has 1 aromatic rings. The van der Waals surface area contributed by atoms with Gasteiger partial charge in [0.05, 0.1) is 17.9 Å². The van der Waals surface area contributed by atoms with Crippen LogP contribution in [0.3, 0.4) is 0 Å². The molecule has 6 nitrogen and oxygen atoms in total. The summed E-state index contributed by atoms with van der Waals surface area (Å²) >= 11 is 1.74. The average molecular weight is 335 g/mol. The zero-order valence-electron chi connectivity index (χ0n) is 13.8. The fourth-order valence-corrected chi connectivity index (χ4v) is 4.01. The van der Waals surface area contributed by atoms with Crippen LogP contribution in [0.4, 0.5) is 11.5 Å². The first-order valence-electron chi connectivity index (χ1n) is 8.13. The number of nitrogens with one attached hydrogen (secondary N) is 2. The number of piperidine rings is 1. The molecule has 23 heavy (non-hydrogen) atoms. The predicted molar refractivity (Wildman–Crippen MR) is 96.0 cm³/mol. The number of anilines is 2. The second kappa shape index (κ2) is 7.51. The molecule has 2 saturated heterocycles. The first-order valence-corrected chi connectivity index (χ1v) is 9.28. The maximum Gasteiger partial charge on any atom is 0.243 e. The molecule has 3 heterocycles. The molecule has 1 atom stereocenters. The third kappa shape index (κ3) is 4.16. The highest BCUT2D eigenvalue weighted by atomic mass is 32.2. The summed E-state index contributed by atoms with van der Waals surface area (Å²) in [7, 11) is 4.30. The molecule has 0 spiro atoms. The van der Waals surface area contributed by atoms with Crippen LogP contribution >= 0.6 is 11.8 Å². The topological polar surface area (TPSA) is 60.5 Å². The Morgan fingerprint density at radius 1 is 1.39 bits per heavy atom. The second-order valence-electron chi connectivity index (χ2n) is 6.34. The summed E-state index contributed by atoms with van der Waals surface area (Å²) in [6.45, 7) is 2.11. The van der Waals surface area contributed by atoms with Gasteiger partial charge in [0.2, 0.25) is 5.91 Å². The Labute approximate surface area is 142 Å². The van der Waals surface area contributed by atoms with E-state index in [1.807, 2.05) is 12.3 Å². The average Bonchev–Trinajstić information content (AvgIpc) is 3.10. The van der Waals surface area contributed by atoms with Crippen LogP contribution in [-0.2, 0) is 4.79 Å². The highest BCUT2D eigenvalue weighted by molar-refractivity contribution is 7.99. The van der Waals surface area contributed by atoms with Gasteiger partial charge in [-0.15, -0.1) is 11.8 Å². The Morgan fingerprint density at radius 3 is 2.74 bits per heavy atom. The van der Waals surface area contributed by atoms with Gasteiger partial charge in [0.25, 0.3) is 0 Å². The van der Waals surface area contributed by atoms with Crippen molar-refractivity contribution >= 4 is 29.2 Å². The minimum Gasteiger partial charge on any atom is -0.370 e. The minimum absolute atomic E-state index is 0.00190. The van der Waals surface area contributed by atoms with Gasteiger partial charge >= 0.3 is 0 Å². The Hall–Kier alpha value is -1.31. The summed E-state index contributed by atoms with van der Waals surface area (Å²) in [6.07, 6.45) is 4.22. The summed E-state index contributed by atoms with van der Waals surface area (Å²) in [5.74, 6) is 2.29. The Kier molecular flexibility index (Phi) is 5.40. The van der Waals surface area contributed by atoms with Crippen LogP contribution < -0.4 is 15.5 Å². The van der Waals surface area contributed by atoms with Gasteiger partial charge in [0.15, 0.2) is 0 Å². The third-order valence-electron chi connectivity index (χ3n) is 4.59. The standard InChI is InChI=1S/C16H25N5OS/c1-20(2)12-5-7-21(8-6-12)13-3-4-15(17-9-13)19-16(22)14-10-23-11-18-14/h3-4,9,12,14,18H,5-8,10-11H2,1-2H3,(H,17,19,22). The summed E-state index contributed by atoms with van der Waals surface area (Å²) in [5, 5.41) is 6.05. The van der Waals surface area contributed by atoms with Gasteiger partial charge < -0.3 is 15.1 Å². The van der Waals surface area contributed by atoms with E-state index in [1.54, 1.807) is 11.8 Å². The number of pyridine rings is 1. The van der Waals surface area contributed by atoms with Crippen LogP contribution in [-0.4, -0.2) is 66.7 Å². The fraction of sp³-hybridized carbons (Fsp3) is 0.625. The molecule has 0 saturated carbocycles. The zero-order chi connectivity index (χ0) is 16.2. The molecule has 7 heteroatoms. The molecule has 126 valence electrons. The number of hydrogen-bond acceptors (Lipinski definition) is 6. The number of aromatic nitrogens is 1. The number of carbonyl (C=O) groups is 1. The van der Waals surface area contributed by atoms with E-state index in [1.165, 1.54) is 12.8 Å². The van der Waals surface area contributed by atoms with Crippen LogP contribution in [0.2, 0.25) is 0 Å². The van der Waals surface area contributed by atoms with E-state index in [2.05, 4.69) is 45.6 Å². The molecule has 3 rings (SSSR count). The number of rotatable bonds is 4. The first-order chi connectivity index (χ1) is 11.1. The number of nitrogens with zero attached hydrogens (tertiary/aromatic N) is 3. The second-order valence-corrected chi connectivity index (χ2v) is 7.37. The van der Waals surface area contributed by atoms with Crippen molar-refractivity contribution in [2.45, 2.75) is 24.9 Å². The van der Waals surface area contributed by atoms with Crippen LogP contribution in [0, 0.1) is 0 Å². The summed E-state index contributed by atoms with van der Waals surface area (Å²) in [4.78, 5) is 21.1. The van der Waals surface area contributed by atoms with Gasteiger partial charge in [0.1, 0.15) is 5.82 Å². The molecular weight excluding hydrogens is 310 g/mol. The van der Waals surface area contributed by atoms with Gasteiger partial charge in [-0.05, 0) is 39.1 Å². The third-order valence-corrected chi connectivity index (χ3v) is 5.53. The molecule has 2 N–H and O–H groups in total. The number of carbonyl (C=O) groups excluding carboxylic acids is 1. The molecule has 0 bridgehead atoms. The van der Waals surface area contributed by atoms with Crippen molar-refractivity contribution in [2.24, 2.45) is 0 Å². The van der Waals surface area contributed by atoms with E-state index in [4.69, 9.17) is 0 Å². The largest absolute Gasteiger partial charge is 0.370 e. The van der Waals surface area contributed by atoms with Crippen molar-refractivity contribution in [3.05, 3.63) is 18.3 Å². The van der Waals surface area contributed by atoms with Crippen molar-refractivity contribution in [3.8, 4) is 0 Å². The lowest BCUT2D eigenvalue weighted by molar-refractivity contribution is -0.117. The molecule has 0 aliphatic carbocycles. The van der Waals surface area contributed by atoms with Crippen molar-refractivity contribution < 1.29 is 4.79 Å². The molecule has 1 amide bonds. The Balaban J connectivity index is 1.54. The molecule has 1 aromatic heterocycles. The summed E-state index contributed by atoms with van der Waals surface area (Å²) in [6, 6.07) is 4.52. The summed E-state index contributed by atoms with van der Waals surface area (Å²) in [5.41, 5.74) is 1.13. The minimum atomic E-state index is -0.105. The van der Waals surface area contributed by atoms with Crippen LogP contribution in [0.5, 0.6) is 0 Å². The van der Waals surface area contributed by atoms with E-state index >= 15 is 0 Å². The highest BCUT2D eigenvalue weighted by Crippen LogP contribution is 2.22. The predicted octanol–water partition coefficient (Wildman–Crippen LogP) is 1.21.